The zero-order chi connectivity index (χ0) is 15.5. The molecular formula is C12H21AuO6. The predicted molar refractivity (Wildman–Crippen MR) is 59.5 cm³/mol. The molecule has 0 fully saturated rings. The van der Waals surface area contributed by atoms with Crippen molar-refractivity contribution in [1.82, 2.24) is 0 Å². The number of carboxylic acids is 3. The van der Waals surface area contributed by atoms with Gasteiger partial charge in [-0.05, 0) is 17.8 Å². The molecule has 6 nitrogen and oxygen atoms in total. The molecule has 0 aromatic heterocycles. The van der Waals surface area contributed by atoms with Crippen molar-refractivity contribution in [1.29, 1.82) is 0 Å². The Morgan fingerprint density at radius 2 is 0.632 bits per heavy atom. The Kier molecular flexibility index (Phi) is 21.3. The summed E-state index contributed by atoms with van der Waals surface area (Å²) in [5.74, 6) is -4.00. The summed E-state index contributed by atoms with van der Waals surface area (Å²) in [6, 6.07) is 0. The fourth-order valence-electron chi connectivity index (χ4n) is 0. The molecule has 0 aliphatic rings. The molecule has 116 valence electrons. The fraction of sp³-hybridized carbons (Fsp3) is 0.750. The van der Waals surface area contributed by atoms with Crippen LogP contribution in [0.2, 0.25) is 0 Å². The van der Waals surface area contributed by atoms with Crippen molar-refractivity contribution in [2.75, 3.05) is 0 Å². The minimum Gasteiger partial charge on any atom is -0.550 e. The van der Waals surface area contributed by atoms with Crippen LogP contribution in [0.25, 0.3) is 0 Å². The summed E-state index contributed by atoms with van der Waals surface area (Å²) in [7, 11) is 0. The van der Waals surface area contributed by atoms with Crippen molar-refractivity contribution < 1.29 is 52.1 Å². The van der Waals surface area contributed by atoms with Crippen LogP contribution < -0.4 is 15.3 Å². The Hall–Kier alpha value is -0.850. The summed E-state index contributed by atoms with van der Waals surface area (Å²) in [6.45, 7) is 9.47. The van der Waals surface area contributed by atoms with E-state index in [-0.39, 0.29) is 40.1 Å². The Morgan fingerprint density at radius 1 is 0.579 bits per heavy atom. The van der Waals surface area contributed by atoms with Gasteiger partial charge in [0.2, 0.25) is 0 Å². The van der Waals surface area contributed by atoms with Gasteiger partial charge in [-0.1, -0.05) is 41.5 Å². The molecular weight excluding hydrogens is 437 g/mol. The second kappa shape index (κ2) is 15.2. The Labute approximate surface area is 129 Å². The molecule has 0 heterocycles. The molecule has 0 aliphatic carbocycles. The topological polar surface area (TPSA) is 120 Å². The van der Waals surface area contributed by atoms with Gasteiger partial charge in [0.1, 0.15) is 0 Å². The van der Waals surface area contributed by atoms with Gasteiger partial charge in [0.15, 0.2) is 0 Å². The third-order valence-electron chi connectivity index (χ3n) is 1.41. The number of carbonyl (C=O) groups is 3. The van der Waals surface area contributed by atoms with E-state index in [0.717, 1.165) is 0 Å². The number of aliphatic carboxylic acids is 3. The second-order valence-electron chi connectivity index (χ2n) is 4.42. The molecule has 19 heavy (non-hydrogen) atoms. The van der Waals surface area contributed by atoms with Gasteiger partial charge in [0.25, 0.3) is 0 Å². The number of carbonyl (C=O) groups excluding carboxylic acids is 3. The Morgan fingerprint density at radius 3 is 0.632 bits per heavy atom. The van der Waals surface area contributed by atoms with E-state index in [1.54, 1.807) is 41.5 Å². The van der Waals surface area contributed by atoms with Crippen molar-refractivity contribution in [3.63, 3.8) is 0 Å². The molecule has 0 atom stereocenters. The molecule has 0 aliphatic heterocycles. The van der Waals surface area contributed by atoms with Crippen molar-refractivity contribution >= 4 is 17.9 Å². The summed E-state index contributed by atoms with van der Waals surface area (Å²) >= 11 is 0. The van der Waals surface area contributed by atoms with Gasteiger partial charge >= 0.3 is 22.4 Å². The molecule has 0 saturated heterocycles. The summed E-state index contributed by atoms with van der Waals surface area (Å²) in [5.41, 5.74) is 0. The number of hydrogen-bond donors (Lipinski definition) is 0. The average Bonchev–Trinajstić information content (AvgIpc) is 2.18. The maximum atomic E-state index is 9.59. The van der Waals surface area contributed by atoms with Gasteiger partial charge in [0.05, 0.1) is 0 Å². The van der Waals surface area contributed by atoms with Crippen LogP contribution in [0.1, 0.15) is 41.5 Å². The van der Waals surface area contributed by atoms with Crippen molar-refractivity contribution in [2.24, 2.45) is 17.8 Å². The van der Waals surface area contributed by atoms with E-state index < -0.39 is 17.9 Å². The van der Waals surface area contributed by atoms with E-state index in [1.165, 1.54) is 0 Å². The molecule has 0 aromatic carbocycles. The standard InChI is InChI=1S/3C4H8O2.Au/c3*1-3(2)4(5)6;/h3*3H,1-2H3,(H,5,6);/q;;;+3/p-3. The average molecular weight is 458 g/mol. The first-order valence-electron chi connectivity index (χ1n) is 5.55. The van der Waals surface area contributed by atoms with Crippen LogP contribution in [-0.4, -0.2) is 17.9 Å². The molecule has 0 unspecified atom stereocenters. The third-order valence-corrected chi connectivity index (χ3v) is 1.41. The van der Waals surface area contributed by atoms with Gasteiger partial charge < -0.3 is 29.7 Å². The molecule has 0 saturated carbocycles. The van der Waals surface area contributed by atoms with E-state index in [1.807, 2.05) is 0 Å². The smallest absolute Gasteiger partial charge is 0.550 e. The van der Waals surface area contributed by atoms with Crippen molar-refractivity contribution in [2.45, 2.75) is 41.5 Å². The molecule has 0 radical (unpaired) electrons. The number of rotatable bonds is 3. The largest absolute Gasteiger partial charge is 3.00 e. The van der Waals surface area contributed by atoms with E-state index in [2.05, 4.69) is 0 Å². The van der Waals surface area contributed by atoms with Gasteiger partial charge in [-0.15, -0.1) is 0 Å². The normalized spacial score (nSPS) is 8.68. The van der Waals surface area contributed by atoms with Gasteiger partial charge in [-0.25, -0.2) is 0 Å². The van der Waals surface area contributed by atoms with Crippen LogP contribution in [-0.2, 0) is 36.8 Å². The summed E-state index contributed by atoms with van der Waals surface area (Å²) in [4.78, 5) is 28.8. The first-order chi connectivity index (χ1) is 7.93. The molecule has 0 amide bonds. The quantitative estimate of drug-likeness (QED) is 0.459. The second-order valence-corrected chi connectivity index (χ2v) is 4.42. The van der Waals surface area contributed by atoms with Crippen LogP contribution in [0.5, 0.6) is 0 Å². The van der Waals surface area contributed by atoms with E-state index in [4.69, 9.17) is 0 Å². The maximum Gasteiger partial charge on any atom is 3.00 e. The zero-order valence-electron chi connectivity index (χ0n) is 12.0. The first kappa shape index (κ1) is 26.7. The monoisotopic (exact) mass is 458 g/mol. The third kappa shape index (κ3) is 31.7. The molecule has 0 bridgehead atoms. The van der Waals surface area contributed by atoms with E-state index in [0.29, 0.717) is 0 Å². The summed E-state index contributed by atoms with van der Waals surface area (Å²) in [6.07, 6.45) is 0. The molecule has 0 rings (SSSR count). The van der Waals surface area contributed by atoms with E-state index >= 15 is 0 Å². The molecule has 0 aromatic rings. The van der Waals surface area contributed by atoms with Crippen LogP contribution in [0.4, 0.5) is 0 Å². The Bertz CT molecular complexity index is 218. The van der Waals surface area contributed by atoms with Crippen molar-refractivity contribution in [3.05, 3.63) is 0 Å². The molecule has 0 spiro atoms. The van der Waals surface area contributed by atoms with Crippen LogP contribution in [0.15, 0.2) is 0 Å². The van der Waals surface area contributed by atoms with Gasteiger partial charge in [0, 0.05) is 17.9 Å². The summed E-state index contributed by atoms with van der Waals surface area (Å²) in [5, 5.41) is 28.8. The fourth-order valence-corrected chi connectivity index (χ4v) is 0. The van der Waals surface area contributed by atoms with Crippen molar-refractivity contribution in [3.8, 4) is 0 Å². The van der Waals surface area contributed by atoms with Gasteiger partial charge in [-0.2, -0.15) is 0 Å². The van der Waals surface area contributed by atoms with Crippen LogP contribution in [0.3, 0.4) is 0 Å². The summed E-state index contributed by atoms with van der Waals surface area (Å²) < 4.78 is 0. The minimum absolute atomic E-state index is 0. The van der Waals surface area contributed by atoms with Gasteiger partial charge in [-0.3, -0.25) is 0 Å². The molecule has 7 heteroatoms. The van der Waals surface area contributed by atoms with Crippen LogP contribution >= 0.6 is 0 Å². The maximum absolute atomic E-state index is 9.59. The minimum atomic E-state index is -0.991. The van der Waals surface area contributed by atoms with Crippen LogP contribution in [0, 0.1) is 17.8 Å². The van der Waals surface area contributed by atoms with E-state index in [9.17, 15) is 29.7 Å². The number of hydrogen-bond acceptors (Lipinski definition) is 6. The predicted octanol–water partition coefficient (Wildman–Crippen LogP) is -1.83. The zero-order valence-corrected chi connectivity index (χ0v) is 14.1. The Balaban J connectivity index is -0.0000000865. The number of carboxylic acid groups (broad SMARTS) is 3. The first-order valence-corrected chi connectivity index (χ1v) is 5.55. The SMILES string of the molecule is CC(C)C(=O)[O-].CC(C)C(=O)[O-].CC(C)C(=O)[O-].[Au+3]. The molecule has 0 N–H and O–H groups in total.